The standard InChI is InChI=1S/C11H14N2O.C11H11NS.C2H6.CH3Cl.2CH2O/c1-2-3-11(14)13-8-9-4-6-10(12)7-5-9;1-9-6-7-13-11-5-3-2-4-10(11)8-12-9;4*1-2/h2,4-7H,1,3,8,12H2,(H,13,14);2-6,8H,7H2,1H3;1-2H3;1H3;2*1H2/b;9-6-,12-8?;;;;. The highest BCUT2D eigenvalue weighted by Gasteiger charge is 2.01. The lowest BCUT2D eigenvalue weighted by molar-refractivity contribution is -0.120. The highest BCUT2D eigenvalue weighted by molar-refractivity contribution is 7.99. The van der Waals surface area contributed by atoms with Gasteiger partial charge in [0.05, 0.1) is 0 Å². The minimum Gasteiger partial charge on any atom is -0.399 e. The van der Waals surface area contributed by atoms with Gasteiger partial charge in [-0.1, -0.05) is 56.3 Å². The van der Waals surface area contributed by atoms with Crippen molar-refractivity contribution in [3.05, 3.63) is 84.1 Å². The Hall–Kier alpha value is -3.16. The number of benzene rings is 2. The molecule has 1 aliphatic heterocycles. The number of nitrogens with one attached hydrogen (secondary N) is 1. The Morgan fingerprint density at radius 2 is 1.66 bits per heavy atom. The van der Waals surface area contributed by atoms with E-state index in [0.29, 0.717) is 13.0 Å². The van der Waals surface area contributed by atoms with Crippen LogP contribution in [0.2, 0.25) is 0 Å². The molecule has 8 heteroatoms. The van der Waals surface area contributed by atoms with Gasteiger partial charge < -0.3 is 20.6 Å². The van der Waals surface area contributed by atoms with Gasteiger partial charge in [-0.3, -0.25) is 9.79 Å². The van der Waals surface area contributed by atoms with Crippen molar-refractivity contribution in [3.63, 3.8) is 0 Å². The number of hydrogen-bond donors (Lipinski definition) is 2. The van der Waals surface area contributed by atoms with Gasteiger partial charge in [-0.05, 0) is 30.7 Å². The van der Waals surface area contributed by atoms with Crippen LogP contribution < -0.4 is 11.1 Å². The fourth-order valence-electron chi connectivity index (χ4n) is 2.23. The maximum Gasteiger partial charge on any atom is 0.224 e. The number of fused-ring (bicyclic) bond motifs is 1. The Kier molecular flexibility index (Phi) is 28.2. The van der Waals surface area contributed by atoms with Gasteiger partial charge in [-0.25, -0.2) is 0 Å². The number of carbonyl (C=O) groups excluding carboxylic acids is 3. The van der Waals surface area contributed by atoms with Crippen LogP contribution in [0.1, 0.15) is 38.3 Å². The average molecular weight is 520 g/mol. The van der Waals surface area contributed by atoms with Crippen molar-refractivity contribution in [1.82, 2.24) is 5.32 Å². The summed E-state index contributed by atoms with van der Waals surface area (Å²) in [6, 6.07) is 15.8. The molecule has 35 heavy (non-hydrogen) atoms. The average Bonchev–Trinajstić information content (AvgIpc) is 2.92. The van der Waals surface area contributed by atoms with Gasteiger partial charge in [-0.15, -0.1) is 29.9 Å². The maximum absolute atomic E-state index is 11.1. The Morgan fingerprint density at radius 3 is 2.23 bits per heavy atom. The molecule has 0 aromatic heterocycles. The van der Waals surface area contributed by atoms with Crippen molar-refractivity contribution < 1.29 is 14.4 Å². The Bertz CT molecular complexity index is 870. The SMILES string of the molecule is C/C1=C/CSc2ccccc2C=N1.C=CCC(=O)NCc1ccc(N)cc1.C=O.C=O.CC.CCl. The third-order valence-electron chi connectivity index (χ3n) is 3.74. The predicted molar refractivity (Wildman–Crippen MR) is 153 cm³/mol. The van der Waals surface area contributed by atoms with Crippen LogP contribution in [0.15, 0.2) is 82.8 Å². The number of amides is 1. The molecule has 3 rings (SSSR count). The molecule has 192 valence electrons. The highest BCUT2D eigenvalue weighted by atomic mass is 35.5. The molecule has 0 saturated carbocycles. The number of anilines is 1. The van der Waals surface area contributed by atoms with E-state index in [0.717, 1.165) is 22.7 Å². The molecule has 3 N–H and O–H groups in total. The molecular formula is C27H38ClN3O3S. The van der Waals surface area contributed by atoms with E-state index in [9.17, 15) is 4.79 Å². The molecule has 6 nitrogen and oxygen atoms in total. The summed E-state index contributed by atoms with van der Waals surface area (Å²) >= 11 is 6.50. The molecular weight excluding hydrogens is 482 g/mol. The number of nitrogens with two attached hydrogens (primary N) is 1. The van der Waals surface area contributed by atoms with Gasteiger partial charge in [0.25, 0.3) is 0 Å². The van der Waals surface area contributed by atoms with Gasteiger partial charge in [0.2, 0.25) is 5.91 Å². The van der Waals surface area contributed by atoms with Crippen LogP contribution in [0.25, 0.3) is 0 Å². The first-order chi connectivity index (χ1) is 17.1. The van der Waals surface area contributed by atoms with E-state index < -0.39 is 0 Å². The molecule has 2 aromatic carbocycles. The zero-order chi connectivity index (χ0) is 27.5. The summed E-state index contributed by atoms with van der Waals surface area (Å²) in [6.45, 7) is 14.1. The van der Waals surface area contributed by atoms with E-state index in [1.807, 2.05) is 82.7 Å². The number of allylic oxidation sites excluding steroid dienone is 1. The summed E-state index contributed by atoms with van der Waals surface area (Å²) in [5, 5.41) is 2.77. The monoisotopic (exact) mass is 519 g/mol. The van der Waals surface area contributed by atoms with Crippen LogP contribution in [0.5, 0.6) is 0 Å². The Morgan fingerprint density at radius 1 is 1.09 bits per heavy atom. The first kappa shape index (κ1) is 36.4. The van der Waals surface area contributed by atoms with Gasteiger partial charge in [-0.2, -0.15) is 0 Å². The lowest BCUT2D eigenvalue weighted by atomic mass is 10.2. The molecule has 1 heterocycles. The lowest BCUT2D eigenvalue weighted by Gasteiger charge is -2.06. The molecule has 1 amide bonds. The van der Waals surface area contributed by atoms with Crippen LogP contribution >= 0.6 is 23.4 Å². The third-order valence-corrected chi connectivity index (χ3v) is 4.76. The largest absolute Gasteiger partial charge is 0.399 e. The predicted octanol–water partition coefficient (Wildman–Crippen LogP) is 6.09. The van der Waals surface area contributed by atoms with Crippen molar-refractivity contribution >= 4 is 54.8 Å². The maximum atomic E-state index is 11.1. The minimum absolute atomic E-state index is 0.0168. The molecule has 2 aromatic rings. The summed E-state index contributed by atoms with van der Waals surface area (Å²) in [5.41, 5.74) is 9.62. The van der Waals surface area contributed by atoms with E-state index in [4.69, 9.17) is 15.3 Å². The first-order valence-electron chi connectivity index (χ1n) is 10.7. The lowest BCUT2D eigenvalue weighted by Crippen LogP contribution is -2.21. The molecule has 0 radical (unpaired) electrons. The molecule has 0 bridgehead atoms. The molecule has 0 spiro atoms. The van der Waals surface area contributed by atoms with Gasteiger partial charge in [0, 0.05) is 53.2 Å². The molecule has 0 atom stereocenters. The topological polar surface area (TPSA) is 102 Å². The number of aliphatic imine (C=N–C) groups is 1. The molecule has 0 aliphatic carbocycles. The summed E-state index contributed by atoms with van der Waals surface area (Å²) in [7, 11) is 0. The van der Waals surface area contributed by atoms with Crippen LogP contribution in [-0.2, 0) is 20.9 Å². The van der Waals surface area contributed by atoms with E-state index >= 15 is 0 Å². The summed E-state index contributed by atoms with van der Waals surface area (Å²) in [4.78, 5) is 32.7. The molecule has 1 aliphatic rings. The summed E-state index contributed by atoms with van der Waals surface area (Å²) in [6.07, 6.45) is 7.50. The van der Waals surface area contributed by atoms with Crippen LogP contribution in [-0.4, -0.2) is 37.8 Å². The van der Waals surface area contributed by atoms with Gasteiger partial charge in [0.1, 0.15) is 13.6 Å². The van der Waals surface area contributed by atoms with Crippen molar-refractivity contribution in [1.29, 1.82) is 0 Å². The second kappa shape index (κ2) is 27.1. The van der Waals surface area contributed by atoms with Crippen LogP contribution in [0.4, 0.5) is 5.69 Å². The molecule has 0 fully saturated rings. The zero-order valence-electron chi connectivity index (χ0n) is 21.1. The van der Waals surface area contributed by atoms with E-state index in [1.54, 1.807) is 6.08 Å². The summed E-state index contributed by atoms with van der Waals surface area (Å²) < 4.78 is 0. The zero-order valence-corrected chi connectivity index (χ0v) is 22.7. The number of carbonyl (C=O) groups is 3. The normalized spacial score (nSPS) is 11.6. The Labute approximate surface area is 219 Å². The van der Waals surface area contributed by atoms with E-state index in [1.165, 1.54) is 16.8 Å². The van der Waals surface area contributed by atoms with Gasteiger partial charge >= 0.3 is 0 Å². The third kappa shape index (κ3) is 18.9. The minimum atomic E-state index is -0.0168. The van der Waals surface area contributed by atoms with Crippen molar-refractivity contribution in [2.24, 2.45) is 4.99 Å². The smallest absolute Gasteiger partial charge is 0.224 e. The van der Waals surface area contributed by atoms with Crippen molar-refractivity contribution in [2.75, 3.05) is 17.9 Å². The van der Waals surface area contributed by atoms with E-state index in [-0.39, 0.29) is 5.91 Å². The number of halogens is 1. The van der Waals surface area contributed by atoms with Crippen molar-refractivity contribution in [2.45, 2.75) is 38.6 Å². The van der Waals surface area contributed by atoms with Gasteiger partial charge in [0.15, 0.2) is 0 Å². The summed E-state index contributed by atoms with van der Waals surface area (Å²) in [5.74, 6) is 0.997. The van der Waals surface area contributed by atoms with Crippen molar-refractivity contribution in [3.8, 4) is 0 Å². The fraction of sp³-hybridized carbons (Fsp3) is 0.259. The number of hydrogen-bond acceptors (Lipinski definition) is 6. The Balaban J connectivity index is -0.000000456. The second-order valence-electron chi connectivity index (χ2n) is 5.96. The number of alkyl halides is 1. The molecule has 0 saturated heterocycles. The quantitative estimate of drug-likeness (QED) is 0.289. The number of nitrogens with zero attached hydrogens (tertiary/aromatic N) is 1. The fourth-order valence-corrected chi connectivity index (χ4v) is 3.20. The first-order valence-corrected chi connectivity index (χ1v) is 12.4. The molecule has 0 unspecified atom stereocenters. The number of thioether (sulfide) groups is 1. The highest BCUT2D eigenvalue weighted by Crippen LogP contribution is 2.23. The number of rotatable bonds is 4. The van der Waals surface area contributed by atoms with E-state index in [2.05, 4.69) is 52.8 Å². The van der Waals surface area contributed by atoms with Crippen LogP contribution in [0, 0.1) is 0 Å². The van der Waals surface area contributed by atoms with Crippen LogP contribution in [0.3, 0.4) is 0 Å². The number of nitrogen functional groups attached to an aromatic ring is 1. The second-order valence-corrected chi connectivity index (χ2v) is 7.03.